The average molecular weight is 242 g/mol. The molecule has 0 aliphatic carbocycles. The van der Waals surface area contributed by atoms with Gasteiger partial charge in [-0.2, -0.15) is 0 Å². The van der Waals surface area contributed by atoms with Crippen LogP contribution in [0.4, 0.5) is 0 Å². The van der Waals surface area contributed by atoms with Gasteiger partial charge in [0.05, 0.1) is 12.7 Å². The predicted octanol–water partition coefficient (Wildman–Crippen LogP) is 2.12. The number of piperidine rings is 1. The molecule has 3 heteroatoms. The maximum atomic E-state index is 5.56. The van der Waals surface area contributed by atoms with Crippen LogP contribution in [0.15, 0.2) is 0 Å². The van der Waals surface area contributed by atoms with Gasteiger partial charge in [-0.25, -0.2) is 0 Å². The Kier molecular flexibility index (Phi) is 7.82. The van der Waals surface area contributed by atoms with Gasteiger partial charge in [0.2, 0.25) is 0 Å². The minimum atomic E-state index is 0.358. The second-order valence-electron chi connectivity index (χ2n) is 5.58. The molecule has 0 radical (unpaired) electrons. The molecule has 1 aliphatic heterocycles. The van der Waals surface area contributed by atoms with Crippen LogP contribution in [-0.4, -0.2) is 50.8 Å². The number of hydrogen-bond donors (Lipinski definition) is 1. The van der Waals surface area contributed by atoms with Crippen LogP contribution >= 0.6 is 0 Å². The highest BCUT2D eigenvalue weighted by atomic mass is 16.5. The number of ether oxygens (including phenoxy) is 1. The van der Waals surface area contributed by atoms with Crippen LogP contribution in [0.2, 0.25) is 0 Å². The smallest absolute Gasteiger partial charge is 0.0596 e. The van der Waals surface area contributed by atoms with Gasteiger partial charge in [0.1, 0.15) is 0 Å². The lowest BCUT2D eigenvalue weighted by atomic mass is 9.95. The second kappa shape index (κ2) is 8.90. The van der Waals surface area contributed by atoms with Gasteiger partial charge >= 0.3 is 0 Å². The molecule has 0 spiro atoms. The Balaban J connectivity index is 1.93. The third kappa shape index (κ3) is 7.74. The summed E-state index contributed by atoms with van der Waals surface area (Å²) in [5, 5.41) is 3.49. The molecule has 1 fully saturated rings. The molecular formula is C14H30N2O. The molecule has 0 aromatic carbocycles. The summed E-state index contributed by atoms with van der Waals surface area (Å²) >= 11 is 0. The minimum Gasteiger partial charge on any atom is -0.377 e. The molecular weight excluding hydrogens is 212 g/mol. The zero-order chi connectivity index (χ0) is 12.5. The minimum absolute atomic E-state index is 0.358. The summed E-state index contributed by atoms with van der Waals surface area (Å²) in [7, 11) is 2.20. The maximum absolute atomic E-state index is 5.56. The highest BCUT2D eigenvalue weighted by Crippen LogP contribution is 2.15. The first-order chi connectivity index (χ1) is 8.18. The van der Waals surface area contributed by atoms with Crippen LogP contribution < -0.4 is 5.32 Å². The summed E-state index contributed by atoms with van der Waals surface area (Å²) in [5.41, 5.74) is 0. The molecule has 1 unspecified atom stereocenters. The molecule has 0 amide bonds. The summed E-state index contributed by atoms with van der Waals surface area (Å²) < 4.78 is 5.56. The summed E-state index contributed by atoms with van der Waals surface area (Å²) in [5.74, 6) is 0.920. The molecule has 0 saturated carbocycles. The average Bonchev–Trinajstić information content (AvgIpc) is 2.30. The van der Waals surface area contributed by atoms with Crippen molar-refractivity contribution in [2.75, 3.05) is 39.8 Å². The first-order valence-electron chi connectivity index (χ1n) is 7.19. The SMILES string of the molecule is CC(C)OCCN(C)CCCC1CCCNC1. The summed E-state index contributed by atoms with van der Waals surface area (Å²) in [4.78, 5) is 2.39. The molecule has 1 saturated heterocycles. The van der Waals surface area contributed by atoms with E-state index in [2.05, 4.69) is 31.1 Å². The largest absolute Gasteiger partial charge is 0.377 e. The number of rotatable bonds is 8. The van der Waals surface area contributed by atoms with Gasteiger partial charge in [0.25, 0.3) is 0 Å². The van der Waals surface area contributed by atoms with E-state index in [9.17, 15) is 0 Å². The molecule has 1 heterocycles. The quantitative estimate of drug-likeness (QED) is 0.705. The highest BCUT2D eigenvalue weighted by molar-refractivity contribution is 4.69. The monoisotopic (exact) mass is 242 g/mol. The van der Waals surface area contributed by atoms with Crippen molar-refractivity contribution in [2.24, 2.45) is 5.92 Å². The van der Waals surface area contributed by atoms with Crippen LogP contribution in [-0.2, 0) is 4.74 Å². The van der Waals surface area contributed by atoms with Crippen molar-refractivity contribution in [1.82, 2.24) is 10.2 Å². The Bertz CT molecular complexity index is 179. The fourth-order valence-corrected chi connectivity index (χ4v) is 2.38. The molecule has 0 aromatic heterocycles. The van der Waals surface area contributed by atoms with Gasteiger partial charge in [-0.1, -0.05) is 0 Å². The second-order valence-corrected chi connectivity index (χ2v) is 5.58. The summed E-state index contributed by atoms with van der Waals surface area (Å²) in [6.45, 7) is 9.77. The van der Waals surface area contributed by atoms with Gasteiger partial charge in [-0.05, 0) is 72.1 Å². The standard InChI is InChI=1S/C14H30N2O/c1-13(2)17-11-10-16(3)9-5-7-14-6-4-8-15-12-14/h13-15H,4-12H2,1-3H3. The molecule has 1 N–H and O–H groups in total. The van der Waals surface area contributed by atoms with E-state index in [1.165, 1.54) is 45.3 Å². The van der Waals surface area contributed by atoms with Crippen molar-refractivity contribution >= 4 is 0 Å². The van der Waals surface area contributed by atoms with Gasteiger partial charge in [0, 0.05) is 6.54 Å². The Hall–Kier alpha value is -0.120. The van der Waals surface area contributed by atoms with Crippen LogP contribution in [0.3, 0.4) is 0 Å². The lowest BCUT2D eigenvalue weighted by Crippen LogP contribution is -2.31. The first kappa shape index (κ1) is 14.9. The number of hydrogen-bond acceptors (Lipinski definition) is 3. The fraction of sp³-hybridized carbons (Fsp3) is 1.00. The Morgan fingerprint density at radius 1 is 1.35 bits per heavy atom. The number of likely N-dealkylation sites (N-methyl/N-ethyl adjacent to an activating group) is 1. The van der Waals surface area contributed by atoms with Gasteiger partial charge in [-0.3, -0.25) is 0 Å². The van der Waals surface area contributed by atoms with Crippen LogP contribution in [0.1, 0.15) is 39.5 Å². The molecule has 1 atom stereocenters. The van der Waals surface area contributed by atoms with Gasteiger partial charge < -0.3 is 15.0 Å². The van der Waals surface area contributed by atoms with Crippen LogP contribution in [0.25, 0.3) is 0 Å². The molecule has 17 heavy (non-hydrogen) atoms. The zero-order valence-electron chi connectivity index (χ0n) is 11.9. The van der Waals surface area contributed by atoms with E-state index in [0.717, 1.165) is 19.1 Å². The molecule has 1 aliphatic rings. The highest BCUT2D eigenvalue weighted by Gasteiger charge is 2.12. The van der Waals surface area contributed by atoms with Crippen molar-refractivity contribution in [3.63, 3.8) is 0 Å². The Morgan fingerprint density at radius 3 is 2.82 bits per heavy atom. The summed E-state index contributed by atoms with van der Waals surface area (Å²) in [6, 6.07) is 0. The van der Waals surface area contributed by atoms with E-state index in [4.69, 9.17) is 4.74 Å². The van der Waals surface area contributed by atoms with Gasteiger partial charge in [-0.15, -0.1) is 0 Å². The first-order valence-corrected chi connectivity index (χ1v) is 7.19. The van der Waals surface area contributed by atoms with Crippen molar-refractivity contribution in [3.05, 3.63) is 0 Å². The van der Waals surface area contributed by atoms with E-state index in [1.54, 1.807) is 0 Å². The third-order valence-corrected chi connectivity index (χ3v) is 3.48. The zero-order valence-corrected chi connectivity index (χ0v) is 11.9. The number of nitrogens with zero attached hydrogens (tertiary/aromatic N) is 1. The Labute approximate surface area is 107 Å². The van der Waals surface area contributed by atoms with Crippen molar-refractivity contribution < 1.29 is 4.74 Å². The lowest BCUT2D eigenvalue weighted by Gasteiger charge is -2.24. The van der Waals surface area contributed by atoms with Crippen LogP contribution in [0.5, 0.6) is 0 Å². The molecule has 102 valence electrons. The molecule has 1 rings (SSSR count). The third-order valence-electron chi connectivity index (χ3n) is 3.48. The normalized spacial score (nSPS) is 21.4. The number of nitrogens with one attached hydrogen (secondary N) is 1. The molecule has 0 aromatic rings. The van der Waals surface area contributed by atoms with Crippen molar-refractivity contribution in [1.29, 1.82) is 0 Å². The van der Waals surface area contributed by atoms with E-state index in [1.807, 2.05) is 0 Å². The Morgan fingerprint density at radius 2 is 2.18 bits per heavy atom. The maximum Gasteiger partial charge on any atom is 0.0596 e. The van der Waals surface area contributed by atoms with Gasteiger partial charge in [0.15, 0.2) is 0 Å². The molecule has 0 bridgehead atoms. The lowest BCUT2D eigenvalue weighted by molar-refractivity contribution is 0.0634. The van der Waals surface area contributed by atoms with E-state index in [-0.39, 0.29) is 0 Å². The fourth-order valence-electron chi connectivity index (χ4n) is 2.38. The van der Waals surface area contributed by atoms with E-state index >= 15 is 0 Å². The topological polar surface area (TPSA) is 24.5 Å². The van der Waals surface area contributed by atoms with Crippen molar-refractivity contribution in [2.45, 2.75) is 45.6 Å². The van der Waals surface area contributed by atoms with E-state index in [0.29, 0.717) is 6.10 Å². The molecule has 3 nitrogen and oxygen atoms in total. The van der Waals surface area contributed by atoms with E-state index < -0.39 is 0 Å². The summed E-state index contributed by atoms with van der Waals surface area (Å²) in [6.07, 6.45) is 5.85. The van der Waals surface area contributed by atoms with Crippen LogP contribution in [0, 0.1) is 5.92 Å². The van der Waals surface area contributed by atoms with Crippen molar-refractivity contribution in [3.8, 4) is 0 Å². The predicted molar refractivity (Wildman–Crippen MR) is 73.4 cm³/mol.